The molecule has 1 aromatic carbocycles. The van der Waals surface area contributed by atoms with E-state index in [2.05, 4.69) is 0 Å². The molecule has 0 saturated heterocycles. The average Bonchev–Trinajstić information content (AvgIpc) is 2.15. The third kappa shape index (κ3) is 2.62. The van der Waals surface area contributed by atoms with Gasteiger partial charge in [-0.15, -0.1) is 0 Å². The first-order valence-electron chi connectivity index (χ1n) is 4.99. The Kier molecular flexibility index (Phi) is 3.24. The van der Waals surface area contributed by atoms with Crippen molar-refractivity contribution in [3.8, 4) is 0 Å². The van der Waals surface area contributed by atoms with E-state index in [1.807, 2.05) is 19.6 Å². The van der Waals surface area contributed by atoms with E-state index in [0.29, 0.717) is 11.1 Å². The summed E-state index contributed by atoms with van der Waals surface area (Å²) in [6.45, 7) is 7.47. The number of rotatable bonds is 3. The monoisotopic (exact) mass is 220 g/mol. The predicted molar refractivity (Wildman–Crippen MR) is 64.1 cm³/mol. The molecule has 0 aliphatic rings. The third-order valence-corrected chi connectivity index (χ3v) is 3.86. The van der Waals surface area contributed by atoms with Gasteiger partial charge in [0.2, 0.25) is 0 Å². The Labute approximate surface area is 91.3 Å². The molecule has 1 rings (SSSR count). The second-order valence-corrected chi connectivity index (χ2v) is 9.64. The molecule has 0 heterocycles. The molecular formula is C12H16O2Si. The molecule has 0 bridgehead atoms. The van der Waals surface area contributed by atoms with Crippen LogP contribution in [0.3, 0.4) is 0 Å². The molecule has 0 saturated carbocycles. The summed E-state index contributed by atoms with van der Waals surface area (Å²) in [5.41, 5.74) is 1.13. The molecule has 0 spiro atoms. The third-order valence-electron chi connectivity index (χ3n) is 2.23. The van der Waals surface area contributed by atoms with Gasteiger partial charge in [0.1, 0.15) is 13.5 Å². The summed E-state index contributed by atoms with van der Waals surface area (Å²) in [6, 6.07) is 7.06. The fraction of sp³-hybridized carbons (Fsp3) is 0.333. The molecule has 0 N–H and O–H groups in total. The molecule has 2 nitrogen and oxygen atoms in total. The van der Waals surface area contributed by atoms with Gasteiger partial charge in [-0.2, -0.15) is 0 Å². The lowest BCUT2D eigenvalue weighted by molar-refractivity contribution is 0.0998. The van der Waals surface area contributed by atoms with Gasteiger partial charge in [-0.25, -0.2) is 0 Å². The second-order valence-electron chi connectivity index (χ2n) is 4.68. The minimum Gasteiger partial charge on any atom is -0.300 e. The van der Waals surface area contributed by atoms with Gasteiger partial charge in [-0.1, -0.05) is 43.9 Å². The van der Waals surface area contributed by atoms with E-state index in [0.717, 1.165) is 0 Å². The van der Waals surface area contributed by atoms with Gasteiger partial charge in [0.15, 0.2) is 5.78 Å². The molecule has 0 aromatic heterocycles. The highest BCUT2D eigenvalue weighted by Crippen LogP contribution is 2.16. The Morgan fingerprint density at radius 1 is 1.00 bits per heavy atom. The van der Waals surface area contributed by atoms with E-state index in [1.54, 1.807) is 24.3 Å². The highest BCUT2D eigenvalue weighted by atomic mass is 28.3. The smallest absolute Gasteiger partial charge is 0.160 e. The van der Waals surface area contributed by atoms with E-state index >= 15 is 0 Å². The molecule has 0 unspecified atom stereocenters. The van der Waals surface area contributed by atoms with Gasteiger partial charge in [-0.05, 0) is 6.92 Å². The largest absolute Gasteiger partial charge is 0.300 e. The molecule has 0 aliphatic carbocycles. The summed E-state index contributed by atoms with van der Waals surface area (Å²) < 4.78 is 0. The Morgan fingerprint density at radius 3 is 1.87 bits per heavy atom. The van der Waals surface area contributed by atoms with E-state index in [-0.39, 0.29) is 11.2 Å². The zero-order valence-electron chi connectivity index (χ0n) is 9.63. The highest BCUT2D eigenvalue weighted by Gasteiger charge is 2.27. The molecule has 0 fully saturated rings. The Bertz CT molecular complexity index is 402. The molecule has 0 radical (unpaired) electrons. The van der Waals surface area contributed by atoms with Gasteiger partial charge in [-0.3, -0.25) is 4.79 Å². The standard InChI is InChI=1S/C12H16O2Si/c1-9(13)10-7-5-6-8-11(10)12(14)15(2,3)4/h5-8H,1-4H3. The van der Waals surface area contributed by atoms with E-state index in [9.17, 15) is 9.59 Å². The summed E-state index contributed by atoms with van der Waals surface area (Å²) in [5, 5.41) is 0.147. The Morgan fingerprint density at radius 2 is 1.47 bits per heavy atom. The summed E-state index contributed by atoms with van der Waals surface area (Å²) in [4.78, 5) is 23.5. The second kappa shape index (κ2) is 4.11. The molecule has 0 amide bonds. The van der Waals surface area contributed by atoms with Crippen LogP contribution in [0.25, 0.3) is 0 Å². The maximum Gasteiger partial charge on any atom is 0.160 e. The van der Waals surface area contributed by atoms with E-state index in [4.69, 9.17) is 0 Å². The van der Waals surface area contributed by atoms with Crippen molar-refractivity contribution >= 4 is 19.3 Å². The highest BCUT2D eigenvalue weighted by molar-refractivity contribution is 7.05. The van der Waals surface area contributed by atoms with Crippen LogP contribution < -0.4 is 0 Å². The van der Waals surface area contributed by atoms with Gasteiger partial charge in [0, 0.05) is 11.1 Å². The molecule has 15 heavy (non-hydrogen) atoms. The minimum atomic E-state index is -1.87. The summed E-state index contributed by atoms with van der Waals surface area (Å²) in [7, 11) is -1.87. The lowest BCUT2D eigenvalue weighted by Gasteiger charge is -2.15. The Balaban J connectivity index is 3.26. The molecule has 0 atom stereocenters. The minimum absolute atomic E-state index is 0.0443. The lowest BCUT2D eigenvalue weighted by atomic mass is 10.1. The number of benzene rings is 1. The van der Waals surface area contributed by atoms with Gasteiger partial charge < -0.3 is 4.79 Å². The summed E-state index contributed by atoms with van der Waals surface area (Å²) in [5.74, 6) is -0.0443. The number of Topliss-reactive ketones (excluding diaryl/α,β-unsaturated/α-hetero) is 1. The topological polar surface area (TPSA) is 34.1 Å². The number of carbonyl (C=O) groups is 2. The van der Waals surface area contributed by atoms with Gasteiger partial charge in [0.05, 0.1) is 0 Å². The van der Waals surface area contributed by atoms with Crippen LogP contribution in [0.5, 0.6) is 0 Å². The first kappa shape index (κ1) is 11.8. The van der Waals surface area contributed by atoms with Crippen LogP contribution in [0.15, 0.2) is 24.3 Å². The first-order chi connectivity index (χ1) is 6.84. The molecule has 3 heteroatoms. The molecular weight excluding hydrogens is 204 g/mol. The summed E-state index contributed by atoms with van der Waals surface area (Å²) in [6.07, 6.45) is 0. The quantitative estimate of drug-likeness (QED) is 0.579. The lowest BCUT2D eigenvalue weighted by Crippen LogP contribution is -2.34. The van der Waals surface area contributed by atoms with Crippen molar-refractivity contribution in [3.05, 3.63) is 35.4 Å². The van der Waals surface area contributed by atoms with Crippen LogP contribution in [-0.4, -0.2) is 19.3 Å². The fourth-order valence-corrected chi connectivity index (χ4v) is 2.42. The van der Waals surface area contributed by atoms with Crippen molar-refractivity contribution in [2.45, 2.75) is 26.6 Å². The van der Waals surface area contributed by atoms with Crippen molar-refractivity contribution in [2.24, 2.45) is 0 Å². The summed E-state index contributed by atoms with van der Waals surface area (Å²) >= 11 is 0. The molecule has 0 aliphatic heterocycles. The van der Waals surface area contributed by atoms with Crippen LogP contribution in [0.1, 0.15) is 27.6 Å². The maximum absolute atomic E-state index is 12.1. The number of hydrogen-bond acceptors (Lipinski definition) is 2. The van der Waals surface area contributed by atoms with Crippen LogP contribution in [0.4, 0.5) is 0 Å². The maximum atomic E-state index is 12.1. The zero-order chi connectivity index (χ0) is 11.6. The van der Waals surface area contributed by atoms with Crippen LogP contribution in [-0.2, 0) is 0 Å². The van der Waals surface area contributed by atoms with Crippen molar-refractivity contribution in [3.63, 3.8) is 0 Å². The van der Waals surface area contributed by atoms with E-state index < -0.39 is 8.07 Å². The normalized spacial score (nSPS) is 11.2. The zero-order valence-corrected chi connectivity index (χ0v) is 10.6. The number of hydrogen-bond donors (Lipinski definition) is 0. The van der Waals surface area contributed by atoms with Crippen molar-refractivity contribution in [2.75, 3.05) is 0 Å². The SMILES string of the molecule is CC(=O)c1ccccc1C(=O)[Si](C)(C)C. The Hall–Kier alpha value is -1.22. The van der Waals surface area contributed by atoms with Gasteiger partial charge >= 0.3 is 0 Å². The fourth-order valence-electron chi connectivity index (χ4n) is 1.39. The predicted octanol–water partition coefficient (Wildman–Crippen LogP) is 2.95. The van der Waals surface area contributed by atoms with Crippen molar-refractivity contribution < 1.29 is 9.59 Å². The van der Waals surface area contributed by atoms with Crippen LogP contribution in [0, 0.1) is 0 Å². The van der Waals surface area contributed by atoms with Crippen molar-refractivity contribution in [1.82, 2.24) is 0 Å². The number of carbonyl (C=O) groups excluding carboxylic acids is 2. The first-order valence-corrected chi connectivity index (χ1v) is 8.49. The number of ketones is 1. The van der Waals surface area contributed by atoms with Gasteiger partial charge in [0.25, 0.3) is 0 Å². The average molecular weight is 220 g/mol. The molecule has 80 valence electrons. The van der Waals surface area contributed by atoms with Crippen LogP contribution in [0.2, 0.25) is 19.6 Å². The van der Waals surface area contributed by atoms with Crippen molar-refractivity contribution in [1.29, 1.82) is 0 Å². The van der Waals surface area contributed by atoms with Crippen LogP contribution >= 0.6 is 0 Å². The molecule has 1 aromatic rings. The van der Waals surface area contributed by atoms with E-state index in [1.165, 1.54) is 6.92 Å².